The van der Waals surface area contributed by atoms with Crippen molar-refractivity contribution in [1.29, 1.82) is 0 Å². The van der Waals surface area contributed by atoms with E-state index in [2.05, 4.69) is 12.1 Å². The number of para-hydroxylation sites is 1. The second kappa shape index (κ2) is 9.37. The molecular formula is C23H25NO4S. The second-order valence-corrected chi connectivity index (χ2v) is 8.33. The Bertz CT molecular complexity index is 919. The lowest BCUT2D eigenvalue weighted by Gasteiger charge is -2.23. The number of phenolic OH excluding ortho intramolecular Hbond substituents is 1. The Kier molecular flexibility index (Phi) is 6.42. The molecule has 6 heteroatoms. The van der Waals surface area contributed by atoms with Crippen molar-refractivity contribution in [2.45, 2.75) is 37.7 Å². The lowest BCUT2D eigenvalue weighted by molar-refractivity contribution is -0.105. The highest BCUT2D eigenvalue weighted by Crippen LogP contribution is 2.40. The highest BCUT2D eigenvalue weighted by atomic mass is 32.2. The van der Waals surface area contributed by atoms with Crippen molar-refractivity contribution in [3.8, 4) is 22.8 Å². The number of benzene rings is 2. The van der Waals surface area contributed by atoms with Crippen LogP contribution in [0, 0.1) is 0 Å². The fraction of sp³-hybridized carbons (Fsp3) is 0.348. The summed E-state index contributed by atoms with van der Waals surface area (Å²) in [7, 11) is 0. The summed E-state index contributed by atoms with van der Waals surface area (Å²) in [4.78, 5) is 0. The van der Waals surface area contributed by atoms with Gasteiger partial charge in [0.1, 0.15) is 17.2 Å². The van der Waals surface area contributed by atoms with Gasteiger partial charge in [0.2, 0.25) is 0 Å². The number of nitrogens with zero attached hydrogens (tertiary/aromatic N) is 1. The van der Waals surface area contributed by atoms with Crippen molar-refractivity contribution in [2.75, 3.05) is 12.4 Å². The van der Waals surface area contributed by atoms with E-state index in [1.807, 2.05) is 48.5 Å². The van der Waals surface area contributed by atoms with E-state index in [0.29, 0.717) is 0 Å². The molecule has 3 aromatic rings. The Balaban J connectivity index is 1.51. The van der Waals surface area contributed by atoms with Crippen molar-refractivity contribution in [2.24, 2.45) is 0 Å². The number of rotatable bonds is 7. The highest BCUT2D eigenvalue weighted by Gasteiger charge is 2.22. The van der Waals surface area contributed by atoms with E-state index in [-0.39, 0.29) is 17.3 Å². The first-order chi connectivity index (χ1) is 14.2. The number of ether oxygens (including phenoxy) is 2. The van der Waals surface area contributed by atoms with Crippen molar-refractivity contribution < 1.29 is 19.1 Å². The third-order valence-electron chi connectivity index (χ3n) is 4.89. The van der Waals surface area contributed by atoms with Crippen LogP contribution >= 0.6 is 11.8 Å². The molecule has 0 saturated carbocycles. The fourth-order valence-electron chi connectivity index (χ4n) is 3.41. The quantitative estimate of drug-likeness (QED) is 0.530. The summed E-state index contributed by atoms with van der Waals surface area (Å²) in [6, 6.07) is 17.1. The van der Waals surface area contributed by atoms with Gasteiger partial charge in [0.15, 0.2) is 12.1 Å². The molecule has 1 N–H and O–H groups in total. The molecule has 29 heavy (non-hydrogen) atoms. The molecule has 1 saturated heterocycles. The number of hydrogen-bond donors (Lipinski definition) is 1. The van der Waals surface area contributed by atoms with Crippen molar-refractivity contribution in [3.63, 3.8) is 0 Å². The minimum absolute atomic E-state index is 0.103. The molecule has 2 unspecified atom stereocenters. The maximum atomic E-state index is 10.3. The molecule has 0 bridgehead atoms. The van der Waals surface area contributed by atoms with E-state index in [1.165, 1.54) is 0 Å². The van der Waals surface area contributed by atoms with Gasteiger partial charge < -0.3 is 19.1 Å². The van der Waals surface area contributed by atoms with Crippen molar-refractivity contribution in [3.05, 3.63) is 65.9 Å². The SMILES string of the molecule is CCSC(c1cc(-c2ccc(OC3CCCCO3)cc2)no1)c1ccccc1O. The fourth-order valence-corrected chi connectivity index (χ4v) is 4.40. The van der Waals surface area contributed by atoms with Crippen LogP contribution in [0.5, 0.6) is 11.5 Å². The maximum Gasteiger partial charge on any atom is 0.199 e. The van der Waals surface area contributed by atoms with Gasteiger partial charge in [-0.05, 0) is 48.9 Å². The molecule has 2 atom stereocenters. The molecule has 5 nitrogen and oxygen atoms in total. The molecule has 1 aromatic heterocycles. The van der Waals surface area contributed by atoms with Gasteiger partial charge in [-0.15, -0.1) is 11.8 Å². The Morgan fingerprint density at radius 3 is 2.72 bits per heavy atom. The summed E-state index contributed by atoms with van der Waals surface area (Å²) in [6.45, 7) is 2.85. The summed E-state index contributed by atoms with van der Waals surface area (Å²) < 4.78 is 17.2. The zero-order valence-corrected chi connectivity index (χ0v) is 17.2. The van der Waals surface area contributed by atoms with E-state index in [0.717, 1.165) is 60.0 Å². The van der Waals surface area contributed by atoms with Crippen LogP contribution in [0.25, 0.3) is 11.3 Å². The normalized spacial score (nSPS) is 17.8. The Labute approximate surface area is 175 Å². The van der Waals surface area contributed by atoms with Crippen molar-refractivity contribution >= 4 is 11.8 Å². The van der Waals surface area contributed by atoms with Crippen molar-refractivity contribution in [1.82, 2.24) is 5.16 Å². The first-order valence-electron chi connectivity index (χ1n) is 9.99. The van der Waals surface area contributed by atoms with Gasteiger partial charge in [-0.25, -0.2) is 0 Å². The van der Waals surface area contributed by atoms with Crippen LogP contribution in [0.2, 0.25) is 0 Å². The first kappa shape index (κ1) is 19.9. The molecule has 0 spiro atoms. The number of hydrogen-bond acceptors (Lipinski definition) is 6. The number of phenols is 1. The van der Waals surface area contributed by atoms with Crippen LogP contribution in [0.4, 0.5) is 0 Å². The average molecular weight is 412 g/mol. The predicted molar refractivity (Wildman–Crippen MR) is 114 cm³/mol. The Morgan fingerprint density at radius 2 is 2.00 bits per heavy atom. The number of aromatic nitrogens is 1. The summed E-state index contributed by atoms with van der Waals surface area (Å²) in [5.41, 5.74) is 2.55. The summed E-state index contributed by atoms with van der Waals surface area (Å²) in [5, 5.41) is 14.4. The monoisotopic (exact) mass is 411 g/mol. The van der Waals surface area contributed by atoms with Gasteiger partial charge in [0.05, 0.1) is 11.9 Å². The third-order valence-corrected chi connectivity index (χ3v) is 6.05. The highest BCUT2D eigenvalue weighted by molar-refractivity contribution is 7.99. The molecule has 152 valence electrons. The van der Waals surface area contributed by atoms with Crippen LogP contribution < -0.4 is 4.74 Å². The molecule has 4 rings (SSSR count). The zero-order chi connectivity index (χ0) is 20.1. The van der Waals surface area contributed by atoms with Crippen LogP contribution in [0.3, 0.4) is 0 Å². The largest absolute Gasteiger partial charge is 0.508 e. The number of aromatic hydroxyl groups is 1. The standard InChI is InChI=1S/C23H25NO4S/c1-2-29-23(18-7-3-4-8-20(18)25)21-15-19(24-28-21)16-10-12-17(13-11-16)27-22-9-5-6-14-26-22/h3-4,7-8,10-13,15,22-23,25H,2,5-6,9,14H2,1H3. The summed E-state index contributed by atoms with van der Waals surface area (Å²) in [6.07, 6.45) is 3.01. The van der Waals surface area contributed by atoms with Gasteiger partial charge in [-0.1, -0.05) is 30.3 Å². The minimum atomic E-state index is -0.154. The van der Waals surface area contributed by atoms with Crippen LogP contribution in [-0.4, -0.2) is 28.9 Å². The van der Waals surface area contributed by atoms with E-state index >= 15 is 0 Å². The van der Waals surface area contributed by atoms with Crippen LogP contribution in [0.15, 0.2) is 59.1 Å². The van der Waals surface area contributed by atoms with Gasteiger partial charge in [0, 0.05) is 23.6 Å². The van der Waals surface area contributed by atoms with Gasteiger partial charge in [0.25, 0.3) is 0 Å². The minimum Gasteiger partial charge on any atom is -0.508 e. The van der Waals surface area contributed by atoms with Gasteiger partial charge >= 0.3 is 0 Å². The van der Waals surface area contributed by atoms with Gasteiger partial charge in [-0.3, -0.25) is 0 Å². The molecule has 1 aliphatic rings. The predicted octanol–water partition coefficient (Wildman–Crippen LogP) is 5.80. The van der Waals surface area contributed by atoms with E-state index in [1.54, 1.807) is 17.8 Å². The average Bonchev–Trinajstić information content (AvgIpc) is 3.24. The van der Waals surface area contributed by atoms with E-state index in [4.69, 9.17) is 14.0 Å². The van der Waals surface area contributed by atoms with Crippen LogP contribution in [-0.2, 0) is 4.74 Å². The molecule has 1 fully saturated rings. The molecule has 0 aliphatic carbocycles. The molecular weight excluding hydrogens is 386 g/mol. The van der Waals surface area contributed by atoms with Crippen LogP contribution in [0.1, 0.15) is 42.8 Å². The maximum absolute atomic E-state index is 10.3. The molecule has 0 amide bonds. The summed E-state index contributed by atoms with van der Waals surface area (Å²) >= 11 is 1.70. The zero-order valence-electron chi connectivity index (χ0n) is 16.4. The number of thioether (sulfide) groups is 1. The molecule has 2 aromatic carbocycles. The molecule has 2 heterocycles. The Morgan fingerprint density at radius 1 is 1.17 bits per heavy atom. The first-order valence-corrected chi connectivity index (χ1v) is 11.0. The molecule has 0 radical (unpaired) electrons. The van der Waals surface area contributed by atoms with E-state index < -0.39 is 0 Å². The topological polar surface area (TPSA) is 64.7 Å². The lowest BCUT2D eigenvalue weighted by Crippen LogP contribution is -2.24. The van der Waals surface area contributed by atoms with E-state index in [9.17, 15) is 5.11 Å². The lowest BCUT2D eigenvalue weighted by atomic mass is 10.1. The molecule has 1 aliphatic heterocycles. The smallest absolute Gasteiger partial charge is 0.199 e. The summed E-state index contributed by atoms with van der Waals surface area (Å²) in [5.74, 6) is 2.68. The second-order valence-electron chi connectivity index (χ2n) is 6.95. The Hall–Kier alpha value is -2.44. The third kappa shape index (κ3) is 4.77. The van der Waals surface area contributed by atoms with Gasteiger partial charge in [-0.2, -0.15) is 0 Å².